The van der Waals surface area contributed by atoms with Crippen LogP contribution in [-0.2, 0) is 4.79 Å². The number of fused-ring (bicyclic) bond motifs is 2. The van der Waals surface area contributed by atoms with Gasteiger partial charge >= 0.3 is 0 Å². The Morgan fingerprint density at radius 2 is 2.06 bits per heavy atom. The zero-order valence-electron chi connectivity index (χ0n) is 18.5. The number of nitrogens with one attached hydrogen (secondary N) is 3. The number of halogens is 1. The molecular formula is C25H18FN7OS. The Kier molecular flexibility index (Phi) is 5.07. The van der Waals surface area contributed by atoms with Crippen molar-refractivity contribution in [1.82, 2.24) is 30.1 Å². The number of nitrogens with zero attached hydrogens (tertiary/aromatic N) is 4. The van der Waals surface area contributed by atoms with Gasteiger partial charge in [0.1, 0.15) is 22.7 Å². The number of hydrogen-bond donors (Lipinski definition) is 3. The average Bonchev–Trinajstić information content (AvgIpc) is 3.62. The van der Waals surface area contributed by atoms with E-state index in [9.17, 15) is 4.79 Å². The van der Waals surface area contributed by atoms with Crippen molar-refractivity contribution in [2.24, 2.45) is 0 Å². The van der Waals surface area contributed by atoms with Crippen molar-refractivity contribution < 1.29 is 9.18 Å². The number of carbonyl (C=O) groups is 1. The van der Waals surface area contributed by atoms with Crippen LogP contribution in [0.5, 0.6) is 0 Å². The molecule has 0 atom stereocenters. The van der Waals surface area contributed by atoms with Crippen LogP contribution in [0.1, 0.15) is 13.3 Å². The number of benzene rings is 1. The fourth-order valence-corrected chi connectivity index (χ4v) is 4.71. The molecule has 172 valence electrons. The molecule has 1 amide bonds. The summed E-state index contributed by atoms with van der Waals surface area (Å²) in [7, 11) is 0. The molecule has 35 heavy (non-hydrogen) atoms. The topological polar surface area (TPSA) is 112 Å². The zero-order valence-corrected chi connectivity index (χ0v) is 19.3. The molecule has 0 aliphatic carbocycles. The van der Waals surface area contributed by atoms with Gasteiger partial charge in [-0.2, -0.15) is 5.10 Å². The van der Waals surface area contributed by atoms with E-state index in [1.54, 1.807) is 42.8 Å². The van der Waals surface area contributed by atoms with E-state index in [0.717, 1.165) is 21.6 Å². The molecule has 0 spiro atoms. The second-order valence-electron chi connectivity index (χ2n) is 7.93. The highest BCUT2D eigenvalue weighted by molar-refractivity contribution is 7.13. The van der Waals surface area contributed by atoms with Gasteiger partial charge in [-0.15, -0.1) is 11.3 Å². The molecule has 0 fully saturated rings. The molecule has 0 saturated carbocycles. The third-order valence-electron chi connectivity index (χ3n) is 5.68. The van der Waals surface area contributed by atoms with E-state index in [4.69, 9.17) is 4.98 Å². The molecule has 5 heterocycles. The first-order valence-electron chi connectivity index (χ1n) is 10.9. The molecule has 8 nitrogen and oxygen atoms in total. The molecule has 0 aliphatic heterocycles. The van der Waals surface area contributed by atoms with Crippen LogP contribution in [0.3, 0.4) is 0 Å². The van der Waals surface area contributed by atoms with Crippen molar-refractivity contribution in [1.29, 1.82) is 0 Å². The van der Waals surface area contributed by atoms with Crippen LogP contribution in [0.15, 0.2) is 60.4 Å². The maximum absolute atomic E-state index is 15.1. The fourth-order valence-electron chi connectivity index (χ4n) is 3.99. The largest absolute Gasteiger partial charge is 0.336 e. The number of thiophene rings is 1. The van der Waals surface area contributed by atoms with Crippen molar-refractivity contribution in [2.45, 2.75) is 13.3 Å². The Morgan fingerprint density at radius 3 is 2.89 bits per heavy atom. The Morgan fingerprint density at radius 1 is 1.14 bits per heavy atom. The molecule has 1 aromatic carbocycles. The predicted octanol–water partition coefficient (Wildman–Crippen LogP) is 5.78. The van der Waals surface area contributed by atoms with Gasteiger partial charge in [0.05, 0.1) is 27.8 Å². The number of aromatic nitrogens is 6. The van der Waals surface area contributed by atoms with Gasteiger partial charge in [0, 0.05) is 41.4 Å². The maximum Gasteiger partial charge on any atom is 0.224 e. The lowest BCUT2D eigenvalue weighted by Crippen LogP contribution is -2.09. The minimum absolute atomic E-state index is 0.140. The molecule has 3 N–H and O–H groups in total. The second-order valence-corrected chi connectivity index (χ2v) is 8.88. The molecule has 6 aromatic rings. The van der Waals surface area contributed by atoms with Crippen molar-refractivity contribution >= 4 is 44.9 Å². The lowest BCUT2D eigenvalue weighted by Gasteiger charge is -2.08. The van der Waals surface area contributed by atoms with Crippen molar-refractivity contribution in [3.63, 3.8) is 0 Å². The van der Waals surface area contributed by atoms with Crippen molar-refractivity contribution in [3.8, 4) is 33.2 Å². The fraction of sp³-hybridized carbons (Fsp3) is 0.0800. The van der Waals surface area contributed by atoms with Gasteiger partial charge in [0.2, 0.25) is 5.91 Å². The van der Waals surface area contributed by atoms with Crippen molar-refractivity contribution in [3.05, 3.63) is 66.2 Å². The summed E-state index contributed by atoms with van der Waals surface area (Å²) in [6.07, 6.45) is 5.17. The van der Waals surface area contributed by atoms with E-state index in [2.05, 4.69) is 30.5 Å². The molecule has 0 saturated heterocycles. The zero-order chi connectivity index (χ0) is 23.9. The quantitative estimate of drug-likeness (QED) is 0.288. The van der Waals surface area contributed by atoms with Crippen LogP contribution in [0.25, 0.3) is 55.2 Å². The SMILES string of the molecule is CCC(=O)Nc1cncc(-c2cc3c(-c4nc5c(-c6cccs6)nccc5[nH]4)n[nH]c3cc2F)c1. The molecule has 0 unspecified atom stereocenters. The van der Waals surface area contributed by atoms with E-state index < -0.39 is 5.82 Å². The first-order chi connectivity index (χ1) is 17.1. The van der Waals surface area contributed by atoms with Crippen LogP contribution < -0.4 is 5.32 Å². The van der Waals surface area contributed by atoms with E-state index in [1.807, 2.05) is 23.6 Å². The molecule has 5 aromatic heterocycles. The third kappa shape index (κ3) is 3.73. The van der Waals surface area contributed by atoms with Gasteiger partial charge in [0.25, 0.3) is 0 Å². The van der Waals surface area contributed by atoms with Crippen LogP contribution in [0.2, 0.25) is 0 Å². The smallest absolute Gasteiger partial charge is 0.224 e. The summed E-state index contributed by atoms with van der Waals surface area (Å²) in [6.45, 7) is 1.76. The highest BCUT2D eigenvalue weighted by Crippen LogP contribution is 2.34. The lowest BCUT2D eigenvalue weighted by molar-refractivity contribution is -0.115. The van der Waals surface area contributed by atoms with Crippen LogP contribution in [0.4, 0.5) is 10.1 Å². The molecule has 6 rings (SSSR count). The molecule has 0 radical (unpaired) electrons. The van der Waals surface area contributed by atoms with E-state index in [-0.39, 0.29) is 5.91 Å². The minimum atomic E-state index is -0.428. The standard InChI is InChI=1S/C25H18FN7OS/c1-2-21(34)29-14-8-13(11-27-12-14)15-9-16-19(10-17(15)26)32-33-22(16)25-30-18-5-6-28-24(23(18)31-25)20-4-3-7-35-20/h3-12H,2H2,1H3,(H,29,34)(H,30,31)(H,32,33). The molecule has 0 bridgehead atoms. The van der Waals surface area contributed by atoms with Gasteiger partial charge < -0.3 is 10.3 Å². The summed E-state index contributed by atoms with van der Waals surface area (Å²) in [6, 6.07) is 10.7. The second kappa shape index (κ2) is 8.41. The van der Waals surface area contributed by atoms with Gasteiger partial charge in [-0.05, 0) is 29.6 Å². The van der Waals surface area contributed by atoms with Crippen LogP contribution >= 0.6 is 11.3 Å². The molecular weight excluding hydrogens is 465 g/mol. The normalized spacial score (nSPS) is 11.4. The monoisotopic (exact) mass is 483 g/mol. The predicted molar refractivity (Wildman–Crippen MR) is 134 cm³/mol. The number of anilines is 1. The first kappa shape index (κ1) is 21.1. The summed E-state index contributed by atoms with van der Waals surface area (Å²) < 4.78 is 15.1. The van der Waals surface area contributed by atoms with E-state index in [0.29, 0.717) is 45.7 Å². The van der Waals surface area contributed by atoms with Gasteiger partial charge in [-0.1, -0.05) is 13.0 Å². The van der Waals surface area contributed by atoms with Crippen LogP contribution in [0, 0.1) is 5.82 Å². The van der Waals surface area contributed by atoms with E-state index >= 15 is 4.39 Å². The molecule has 0 aliphatic rings. The number of pyridine rings is 2. The summed E-state index contributed by atoms with van der Waals surface area (Å²) in [5.41, 5.74) is 4.87. The summed E-state index contributed by atoms with van der Waals surface area (Å²) >= 11 is 1.60. The number of hydrogen-bond acceptors (Lipinski definition) is 6. The van der Waals surface area contributed by atoms with Crippen molar-refractivity contribution in [2.75, 3.05) is 5.32 Å². The Bertz CT molecular complexity index is 1700. The minimum Gasteiger partial charge on any atom is -0.336 e. The van der Waals surface area contributed by atoms with Gasteiger partial charge in [-0.3, -0.25) is 19.9 Å². The summed E-state index contributed by atoms with van der Waals surface area (Å²) in [4.78, 5) is 29.6. The summed E-state index contributed by atoms with van der Waals surface area (Å²) in [5.74, 6) is -0.0164. The molecule has 10 heteroatoms. The number of carbonyl (C=O) groups excluding carboxylic acids is 1. The highest BCUT2D eigenvalue weighted by atomic mass is 32.1. The number of imidazole rings is 1. The number of H-pyrrole nitrogens is 2. The number of rotatable bonds is 5. The first-order valence-corrected chi connectivity index (χ1v) is 11.8. The van der Waals surface area contributed by atoms with Crippen LogP contribution in [-0.4, -0.2) is 36.0 Å². The Hall–Kier alpha value is -4.44. The maximum atomic E-state index is 15.1. The number of amides is 1. The Labute approximate surface area is 202 Å². The highest BCUT2D eigenvalue weighted by Gasteiger charge is 2.18. The van der Waals surface area contributed by atoms with Gasteiger partial charge in [-0.25, -0.2) is 9.37 Å². The number of aromatic amines is 2. The Balaban J connectivity index is 1.46. The average molecular weight is 484 g/mol. The third-order valence-corrected chi connectivity index (χ3v) is 6.56. The van der Waals surface area contributed by atoms with E-state index in [1.165, 1.54) is 12.3 Å². The summed E-state index contributed by atoms with van der Waals surface area (Å²) in [5, 5.41) is 12.8. The lowest BCUT2D eigenvalue weighted by atomic mass is 10.0. The van der Waals surface area contributed by atoms with Gasteiger partial charge in [0.15, 0.2) is 5.82 Å².